The van der Waals surface area contributed by atoms with Crippen molar-refractivity contribution in [3.05, 3.63) is 0 Å². The first-order valence-electron chi connectivity index (χ1n) is 6.35. The van der Waals surface area contributed by atoms with E-state index in [1.165, 1.54) is 21.3 Å². The molecule has 0 aromatic rings. The molecule has 1 heterocycles. The fraction of sp³-hybridized carbons (Fsp3) is 1.00. The van der Waals surface area contributed by atoms with E-state index in [1.807, 2.05) is 0 Å². The second-order valence-electron chi connectivity index (χ2n) is 4.60. The quantitative estimate of drug-likeness (QED) is 0.467. The molecule has 1 fully saturated rings. The van der Waals surface area contributed by atoms with E-state index in [4.69, 9.17) is 23.7 Å². The Morgan fingerprint density at radius 1 is 0.957 bits per heavy atom. The monoisotopic (exact) mass is 368 g/mol. The lowest BCUT2D eigenvalue weighted by molar-refractivity contribution is -0.293. The second-order valence-corrected chi connectivity index (χ2v) is 6.16. The van der Waals surface area contributed by atoms with Gasteiger partial charge in [0.15, 0.2) is 0 Å². The lowest BCUT2D eigenvalue weighted by Crippen LogP contribution is -2.61. The first-order valence-corrected chi connectivity index (χ1v) is 7.76. The molecule has 0 aromatic carbocycles. The zero-order valence-corrected chi connectivity index (χ0v) is 13.7. The fourth-order valence-corrected chi connectivity index (χ4v) is 2.75. The third kappa shape index (κ3) is 4.53. The van der Waals surface area contributed by atoms with Gasteiger partial charge in [0.05, 0.1) is 6.61 Å². The van der Waals surface area contributed by atoms with Crippen molar-refractivity contribution in [1.29, 1.82) is 0 Å². The van der Waals surface area contributed by atoms with Crippen molar-refractivity contribution in [3.8, 4) is 0 Å². The van der Waals surface area contributed by atoms with Crippen LogP contribution in [0, 0.1) is 0 Å². The molecule has 0 bridgehead atoms. The summed E-state index contributed by atoms with van der Waals surface area (Å²) in [5.74, 6) is 0. The van der Waals surface area contributed by atoms with Gasteiger partial charge < -0.3 is 23.7 Å². The van der Waals surface area contributed by atoms with Gasteiger partial charge in [0.25, 0.3) is 0 Å². The Hall–Kier alpha value is -0.500. The molecule has 0 amide bonds. The van der Waals surface area contributed by atoms with Crippen LogP contribution in [0.3, 0.4) is 0 Å². The second kappa shape index (κ2) is 8.05. The topological polar surface area (TPSA) is 89.5 Å². The van der Waals surface area contributed by atoms with E-state index in [0.29, 0.717) is 0 Å². The highest BCUT2D eigenvalue weighted by Gasteiger charge is 2.54. The van der Waals surface area contributed by atoms with Gasteiger partial charge in [-0.1, -0.05) is 0 Å². The molecule has 0 spiro atoms. The molecule has 8 nitrogen and oxygen atoms in total. The first kappa shape index (κ1) is 20.5. The number of ether oxygens (including phenoxy) is 5. The van der Waals surface area contributed by atoms with Crippen LogP contribution < -0.4 is 0 Å². The minimum atomic E-state index is -5.88. The Morgan fingerprint density at radius 3 is 1.87 bits per heavy atom. The van der Waals surface area contributed by atoms with Gasteiger partial charge in [0.2, 0.25) is 6.29 Å². The number of halogens is 3. The van der Waals surface area contributed by atoms with Crippen LogP contribution in [0.15, 0.2) is 0 Å². The molecule has 12 heteroatoms. The average Bonchev–Trinajstić information content (AvgIpc) is 2.45. The van der Waals surface area contributed by atoms with Crippen molar-refractivity contribution in [2.24, 2.45) is 0 Å². The van der Waals surface area contributed by atoms with Crippen LogP contribution in [-0.2, 0) is 38.0 Å². The number of hydrogen-bond acceptors (Lipinski definition) is 8. The van der Waals surface area contributed by atoms with Crippen LogP contribution in [0.25, 0.3) is 0 Å². The normalized spacial score (nSPS) is 32.9. The Kier molecular flexibility index (Phi) is 7.19. The van der Waals surface area contributed by atoms with Crippen LogP contribution in [0.4, 0.5) is 13.2 Å². The summed E-state index contributed by atoms with van der Waals surface area (Å²) in [6, 6.07) is 0. The van der Waals surface area contributed by atoms with E-state index in [2.05, 4.69) is 4.18 Å². The molecule has 5 atom stereocenters. The van der Waals surface area contributed by atoms with Gasteiger partial charge in [-0.3, -0.25) is 0 Å². The molecule has 0 N–H and O–H groups in total. The van der Waals surface area contributed by atoms with E-state index in [0.717, 1.165) is 7.11 Å². The van der Waals surface area contributed by atoms with Crippen LogP contribution in [-0.4, -0.2) is 79.7 Å². The summed E-state index contributed by atoms with van der Waals surface area (Å²) in [6.07, 6.45) is -5.77. The van der Waals surface area contributed by atoms with Crippen molar-refractivity contribution in [3.63, 3.8) is 0 Å². The Morgan fingerprint density at radius 2 is 1.48 bits per heavy atom. The molecule has 0 aromatic heterocycles. The Labute approximate surface area is 131 Å². The Bertz CT molecular complexity index is 468. The van der Waals surface area contributed by atoms with Gasteiger partial charge in [-0.15, -0.1) is 0 Å². The third-order valence-electron chi connectivity index (χ3n) is 3.24. The standard InChI is InChI=1S/C11H19F3O8S/c1-17-5-6-7(18-2)8(19-3)9(20-4)10(21-6)22-23(15,16)11(12,13)14/h6-10H,5H2,1-4H3/t6-,7-,8+,9+,10-/m1/s1. The Balaban J connectivity index is 3.09. The SMILES string of the molecule is COC[C@H]1O[C@H](OS(=O)(=O)C(F)(F)F)[C@@H](OC)[C@@H](OC)[C@@H]1OC. The minimum Gasteiger partial charge on any atom is -0.382 e. The average molecular weight is 368 g/mol. The maximum absolute atomic E-state index is 12.5. The summed E-state index contributed by atoms with van der Waals surface area (Å²) in [6.45, 7) is -0.0826. The number of methoxy groups -OCH3 is 4. The summed E-state index contributed by atoms with van der Waals surface area (Å²) < 4.78 is 89.6. The van der Waals surface area contributed by atoms with Gasteiger partial charge >= 0.3 is 15.6 Å². The molecule has 1 rings (SSSR count). The summed E-state index contributed by atoms with van der Waals surface area (Å²) in [7, 11) is -0.781. The zero-order chi connectivity index (χ0) is 17.8. The molecule has 23 heavy (non-hydrogen) atoms. The van der Waals surface area contributed by atoms with Crippen LogP contribution in [0.1, 0.15) is 0 Å². The van der Waals surface area contributed by atoms with Gasteiger partial charge in [-0.25, -0.2) is 4.18 Å². The van der Waals surface area contributed by atoms with E-state index < -0.39 is 46.3 Å². The van der Waals surface area contributed by atoms with Gasteiger partial charge in [-0.05, 0) is 0 Å². The van der Waals surface area contributed by atoms with Crippen molar-refractivity contribution in [1.82, 2.24) is 0 Å². The van der Waals surface area contributed by atoms with Crippen molar-refractivity contribution in [2.75, 3.05) is 35.0 Å². The molecule has 1 aliphatic heterocycles. The minimum absolute atomic E-state index is 0.0826. The van der Waals surface area contributed by atoms with Crippen molar-refractivity contribution >= 4 is 10.1 Å². The summed E-state index contributed by atoms with van der Waals surface area (Å²) in [4.78, 5) is 0. The molecule has 0 unspecified atom stereocenters. The molecular formula is C11H19F3O8S. The fourth-order valence-electron chi connectivity index (χ4n) is 2.24. The van der Waals surface area contributed by atoms with Crippen LogP contribution in [0.2, 0.25) is 0 Å². The summed E-state index contributed by atoms with van der Waals surface area (Å²) in [5, 5.41) is 0. The van der Waals surface area contributed by atoms with E-state index in [9.17, 15) is 21.6 Å². The highest BCUT2D eigenvalue weighted by molar-refractivity contribution is 7.87. The molecule has 138 valence electrons. The maximum Gasteiger partial charge on any atom is 0.523 e. The largest absolute Gasteiger partial charge is 0.523 e. The van der Waals surface area contributed by atoms with E-state index in [-0.39, 0.29) is 6.61 Å². The first-order chi connectivity index (χ1) is 10.6. The predicted molar refractivity (Wildman–Crippen MR) is 69.0 cm³/mol. The molecule has 0 radical (unpaired) electrons. The van der Waals surface area contributed by atoms with Gasteiger partial charge in [0.1, 0.15) is 24.4 Å². The molecule has 0 aliphatic carbocycles. The molecule has 0 saturated carbocycles. The molecular weight excluding hydrogens is 349 g/mol. The van der Waals surface area contributed by atoms with Crippen molar-refractivity contribution in [2.45, 2.75) is 36.2 Å². The zero-order valence-electron chi connectivity index (χ0n) is 12.9. The predicted octanol–water partition coefficient (Wildman–Crippen LogP) is 0.269. The van der Waals surface area contributed by atoms with E-state index in [1.54, 1.807) is 0 Å². The lowest BCUT2D eigenvalue weighted by atomic mass is 9.98. The van der Waals surface area contributed by atoms with Crippen LogP contribution in [0.5, 0.6) is 0 Å². The van der Waals surface area contributed by atoms with E-state index >= 15 is 0 Å². The van der Waals surface area contributed by atoms with Gasteiger partial charge in [0, 0.05) is 28.4 Å². The van der Waals surface area contributed by atoms with Crippen molar-refractivity contribution < 1.29 is 49.5 Å². The summed E-state index contributed by atoms with van der Waals surface area (Å²) >= 11 is 0. The number of alkyl halides is 3. The lowest BCUT2D eigenvalue weighted by Gasteiger charge is -2.43. The molecule has 1 aliphatic rings. The third-order valence-corrected chi connectivity index (χ3v) is 4.25. The number of rotatable bonds is 7. The highest BCUT2D eigenvalue weighted by Crippen LogP contribution is 2.32. The molecule has 1 saturated heterocycles. The smallest absolute Gasteiger partial charge is 0.382 e. The summed E-state index contributed by atoms with van der Waals surface area (Å²) in [5.41, 5.74) is -5.59. The van der Waals surface area contributed by atoms with Gasteiger partial charge in [-0.2, -0.15) is 21.6 Å². The highest BCUT2D eigenvalue weighted by atomic mass is 32.2. The van der Waals surface area contributed by atoms with Crippen LogP contribution >= 0.6 is 0 Å². The maximum atomic E-state index is 12.5. The number of hydrogen-bond donors (Lipinski definition) is 0.